The SMILES string of the molecule is Cc1ccc(C=NNc2ccccn2)cc1[N+](=O)[O-]. The fraction of sp³-hybridized carbons (Fsp3) is 0.0769. The van der Waals surface area contributed by atoms with Gasteiger partial charge >= 0.3 is 0 Å². The predicted molar refractivity (Wildman–Crippen MR) is 73.3 cm³/mol. The number of aryl methyl sites for hydroxylation is 1. The fourth-order valence-corrected chi connectivity index (χ4v) is 1.51. The van der Waals surface area contributed by atoms with Crippen molar-refractivity contribution in [2.45, 2.75) is 6.92 Å². The minimum atomic E-state index is -0.404. The molecule has 0 unspecified atom stereocenters. The minimum absolute atomic E-state index is 0.0850. The molecule has 6 nitrogen and oxygen atoms in total. The van der Waals surface area contributed by atoms with Crippen molar-refractivity contribution in [3.8, 4) is 0 Å². The van der Waals surface area contributed by atoms with Crippen LogP contribution in [0.15, 0.2) is 47.7 Å². The van der Waals surface area contributed by atoms with Crippen LogP contribution in [0.1, 0.15) is 11.1 Å². The summed E-state index contributed by atoms with van der Waals surface area (Å²) in [5, 5.41) is 14.8. The van der Waals surface area contributed by atoms with Gasteiger partial charge < -0.3 is 0 Å². The number of nitro benzene ring substituents is 1. The second kappa shape index (κ2) is 5.72. The monoisotopic (exact) mass is 256 g/mol. The van der Waals surface area contributed by atoms with Crippen molar-refractivity contribution in [2.75, 3.05) is 5.43 Å². The van der Waals surface area contributed by atoms with Gasteiger partial charge in [0.15, 0.2) is 0 Å². The van der Waals surface area contributed by atoms with Gasteiger partial charge in [0, 0.05) is 23.4 Å². The van der Waals surface area contributed by atoms with Crippen LogP contribution in [-0.2, 0) is 0 Å². The summed E-state index contributed by atoms with van der Waals surface area (Å²) in [4.78, 5) is 14.4. The molecule has 0 aliphatic carbocycles. The molecule has 1 N–H and O–H groups in total. The van der Waals surface area contributed by atoms with Crippen LogP contribution in [0.3, 0.4) is 0 Å². The molecule has 2 aromatic rings. The topological polar surface area (TPSA) is 80.4 Å². The first-order chi connectivity index (χ1) is 9.16. The van der Waals surface area contributed by atoms with Crippen molar-refractivity contribution < 1.29 is 4.92 Å². The quantitative estimate of drug-likeness (QED) is 0.518. The number of nitrogens with zero attached hydrogens (tertiary/aromatic N) is 3. The van der Waals surface area contributed by atoms with E-state index in [0.29, 0.717) is 16.9 Å². The molecule has 96 valence electrons. The summed E-state index contributed by atoms with van der Waals surface area (Å²) in [6.07, 6.45) is 3.16. The Labute approximate surface area is 110 Å². The number of anilines is 1. The zero-order valence-electron chi connectivity index (χ0n) is 10.3. The van der Waals surface area contributed by atoms with Crippen molar-refractivity contribution in [2.24, 2.45) is 5.10 Å². The highest BCUT2D eigenvalue weighted by Gasteiger charge is 2.09. The molecule has 1 aromatic carbocycles. The molecule has 6 heteroatoms. The molecule has 0 saturated heterocycles. The van der Waals surface area contributed by atoms with Crippen LogP contribution < -0.4 is 5.43 Å². The van der Waals surface area contributed by atoms with Crippen LogP contribution in [0.25, 0.3) is 0 Å². The van der Waals surface area contributed by atoms with Gasteiger partial charge in [0.2, 0.25) is 0 Å². The number of benzene rings is 1. The zero-order valence-corrected chi connectivity index (χ0v) is 10.3. The Balaban J connectivity index is 2.11. The lowest BCUT2D eigenvalue weighted by atomic mass is 10.1. The van der Waals surface area contributed by atoms with E-state index in [1.54, 1.807) is 37.4 Å². The van der Waals surface area contributed by atoms with E-state index in [4.69, 9.17) is 0 Å². The molecule has 0 amide bonds. The highest BCUT2D eigenvalue weighted by Crippen LogP contribution is 2.18. The lowest BCUT2D eigenvalue weighted by Crippen LogP contribution is -1.95. The van der Waals surface area contributed by atoms with Gasteiger partial charge in [-0.3, -0.25) is 15.5 Å². The molecule has 0 aliphatic rings. The molecular formula is C13H12N4O2. The first kappa shape index (κ1) is 12.7. The molecular weight excluding hydrogens is 244 g/mol. The molecule has 0 fully saturated rings. The molecule has 1 aromatic heterocycles. The second-order valence-corrected chi connectivity index (χ2v) is 3.89. The normalized spacial score (nSPS) is 10.6. The van der Waals surface area contributed by atoms with Crippen molar-refractivity contribution in [1.29, 1.82) is 0 Å². The molecule has 0 bridgehead atoms. The lowest BCUT2D eigenvalue weighted by molar-refractivity contribution is -0.385. The van der Waals surface area contributed by atoms with E-state index < -0.39 is 4.92 Å². The van der Waals surface area contributed by atoms with E-state index in [1.165, 1.54) is 12.3 Å². The van der Waals surface area contributed by atoms with E-state index >= 15 is 0 Å². The molecule has 0 radical (unpaired) electrons. The van der Waals surface area contributed by atoms with Crippen molar-refractivity contribution >= 4 is 17.7 Å². The summed E-state index contributed by atoms with van der Waals surface area (Å²) in [6, 6.07) is 10.4. The van der Waals surface area contributed by atoms with Crippen LogP contribution in [0.4, 0.5) is 11.5 Å². The van der Waals surface area contributed by atoms with Crippen molar-refractivity contribution in [1.82, 2.24) is 4.98 Å². The largest absolute Gasteiger partial charge is 0.272 e. The molecule has 0 atom stereocenters. The van der Waals surface area contributed by atoms with Gasteiger partial charge in [-0.05, 0) is 19.1 Å². The van der Waals surface area contributed by atoms with E-state index in [1.807, 2.05) is 6.07 Å². The smallest absolute Gasteiger partial charge is 0.261 e. The van der Waals surface area contributed by atoms with E-state index in [9.17, 15) is 10.1 Å². The fourth-order valence-electron chi connectivity index (χ4n) is 1.51. The third-order valence-electron chi connectivity index (χ3n) is 2.49. The number of hydrogen-bond acceptors (Lipinski definition) is 5. The Morgan fingerprint density at radius 3 is 2.89 bits per heavy atom. The lowest BCUT2D eigenvalue weighted by Gasteiger charge is -1.99. The number of hydrazone groups is 1. The molecule has 2 rings (SSSR count). The number of pyridine rings is 1. The van der Waals surface area contributed by atoms with Gasteiger partial charge in [0.05, 0.1) is 11.1 Å². The first-order valence-corrected chi connectivity index (χ1v) is 5.62. The Hall–Kier alpha value is -2.76. The van der Waals surface area contributed by atoms with Crippen molar-refractivity contribution in [3.63, 3.8) is 0 Å². The van der Waals surface area contributed by atoms with Gasteiger partial charge in [-0.25, -0.2) is 4.98 Å². The number of nitrogens with one attached hydrogen (secondary N) is 1. The average molecular weight is 256 g/mol. The summed E-state index contributed by atoms with van der Waals surface area (Å²) >= 11 is 0. The summed E-state index contributed by atoms with van der Waals surface area (Å²) in [7, 11) is 0. The first-order valence-electron chi connectivity index (χ1n) is 5.62. The Bertz CT molecular complexity index is 611. The summed E-state index contributed by atoms with van der Waals surface area (Å²) in [5.41, 5.74) is 4.11. The van der Waals surface area contributed by atoms with E-state index in [0.717, 1.165) is 0 Å². The molecule has 0 aliphatic heterocycles. The van der Waals surface area contributed by atoms with Crippen LogP contribution in [-0.4, -0.2) is 16.1 Å². The van der Waals surface area contributed by atoms with Gasteiger partial charge in [-0.2, -0.15) is 5.10 Å². The maximum Gasteiger partial charge on any atom is 0.272 e. The molecule has 0 spiro atoms. The predicted octanol–water partition coefficient (Wildman–Crippen LogP) is 2.74. The Kier molecular flexibility index (Phi) is 3.82. The van der Waals surface area contributed by atoms with Crippen LogP contribution in [0, 0.1) is 17.0 Å². The average Bonchev–Trinajstić information content (AvgIpc) is 2.41. The van der Waals surface area contributed by atoms with Gasteiger partial charge in [-0.15, -0.1) is 0 Å². The maximum absolute atomic E-state index is 10.8. The van der Waals surface area contributed by atoms with Crippen LogP contribution >= 0.6 is 0 Å². The van der Waals surface area contributed by atoms with Crippen molar-refractivity contribution in [3.05, 3.63) is 63.8 Å². The van der Waals surface area contributed by atoms with Crippen LogP contribution in [0.5, 0.6) is 0 Å². The minimum Gasteiger partial charge on any atom is -0.261 e. The Morgan fingerprint density at radius 1 is 1.37 bits per heavy atom. The van der Waals surface area contributed by atoms with Gasteiger partial charge in [-0.1, -0.05) is 18.2 Å². The standard InChI is InChI=1S/C13H12N4O2/c1-10-5-6-11(8-12(10)17(18)19)9-15-16-13-4-2-3-7-14-13/h2-9H,1H3,(H,14,16). The summed E-state index contributed by atoms with van der Waals surface area (Å²) < 4.78 is 0. The third kappa shape index (κ3) is 3.35. The maximum atomic E-state index is 10.8. The number of hydrogen-bond donors (Lipinski definition) is 1. The highest BCUT2D eigenvalue weighted by molar-refractivity contribution is 5.81. The van der Waals surface area contributed by atoms with Gasteiger partial charge in [0.25, 0.3) is 5.69 Å². The Morgan fingerprint density at radius 2 is 2.21 bits per heavy atom. The molecule has 19 heavy (non-hydrogen) atoms. The zero-order chi connectivity index (χ0) is 13.7. The molecule has 0 saturated carbocycles. The van der Waals surface area contributed by atoms with E-state index in [2.05, 4.69) is 15.5 Å². The number of nitro groups is 1. The molecule has 1 heterocycles. The van der Waals surface area contributed by atoms with Gasteiger partial charge in [0.1, 0.15) is 5.82 Å². The third-order valence-corrected chi connectivity index (χ3v) is 2.49. The second-order valence-electron chi connectivity index (χ2n) is 3.89. The highest BCUT2D eigenvalue weighted by atomic mass is 16.6. The number of rotatable bonds is 4. The van der Waals surface area contributed by atoms with Crippen LogP contribution in [0.2, 0.25) is 0 Å². The number of aromatic nitrogens is 1. The summed E-state index contributed by atoms with van der Waals surface area (Å²) in [6.45, 7) is 1.70. The van der Waals surface area contributed by atoms with E-state index in [-0.39, 0.29) is 5.69 Å². The summed E-state index contributed by atoms with van der Waals surface area (Å²) in [5.74, 6) is 0.611.